The number of fused-ring (bicyclic) bond motifs is 2. The lowest BCUT2D eigenvalue weighted by atomic mass is 9.90. The van der Waals surface area contributed by atoms with Gasteiger partial charge in [0.15, 0.2) is 0 Å². The lowest BCUT2D eigenvalue weighted by Crippen LogP contribution is -2.23. The van der Waals surface area contributed by atoms with Crippen molar-refractivity contribution in [2.24, 2.45) is 0 Å². The molecule has 0 saturated carbocycles. The molecule has 0 bridgehead atoms. The summed E-state index contributed by atoms with van der Waals surface area (Å²) in [4.78, 5) is 13.0. The Labute approximate surface area is 163 Å². The van der Waals surface area contributed by atoms with Crippen LogP contribution in [-0.2, 0) is 16.1 Å². The van der Waals surface area contributed by atoms with Gasteiger partial charge in [0, 0.05) is 27.7 Å². The topological polar surface area (TPSA) is 47.6 Å². The van der Waals surface area contributed by atoms with Crippen molar-refractivity contribution in [3.63, 3.8) is 0 Å². The molecule has 0 aliphatic carbocycles. The average Bonchev–Trinajstić information content (AvgIpc) is 3.09. The monoisotopic (exact) mass is 381 g/mol. The maximum atomic E-state index is 11.7. The average molecular weight is 381 g/mol. The van der Waals surface area contributed by atoms with Gasteiger partial charge in [0.1, 0.15) is 12.4 Å². The summed E-state index contributed by atoms with van der Waals surface area (Å²) >= 11 is 1.78. The fourth-order valence-electron chi connectivity index (χ4n) is 3.60. The summed E-state index contributed by atoms with van der Waals surface area (Å²) in [5, 5.41) is 5.59. The van der Waals surface area contributed by atoms with E-state index >= 15 is 0 Å². The highest BCUT2D eigenvalue weighted by Gasteiger charge is 2.24. The second kappa shape index (κ2) is 8.11. The maximum Gasteiger partial charge on any atom is 0.330 e. The molecule has 27 heavy (non-hydrogen) atoms. The van der Waals surface area contributed by atoms with Gasteiger partial charge in [-0.25, -0.2) is 4.79 Å². The Balaban J connectivity index is 1.79. The van der Waals surface area contributed by atoms with Crippen LogP contribution in [0.3, 0.4) is 0 Å². The van der Waals surface area contributed by atoms with Crippen LogP contribution in [0.25, 0.3) is 11.6 Å². The summed E-state index contributed by atoms with van der Waals surface area (Å²) in [5.74, 6) is 0.592. The van der Waals surface area contributed by atoms with E-state index in [0.717, 1.165) is 42.8 Å². The van der Waals surface area contributed by atoms with Crippen LogP contribution in [0.2, 0.25) is 0 Å². The highest BCUT2D eigenvalue weighted by atomic mass is 32.1. The lowest BCUT2D eigenvalue weighted by molar-refractivity contribution is -0.137. The summed E-state index contributed by atoms with van der Waals surface area (Å²) in [6.45, 7) is 4.81. The number of carbonyl (C=O) groups excluding carboxylic acids is 1. The van der Waals surface area contributed by atoms with Crippen molar-refractivity contribution in [3.05, 3.63) is 62.9 Å². The van der Waals surface area contributed by atoms with E-state index in [1.165, 1.54) is 27.7 Å². The van der Waals surface area contributed by atoms with E-state index in [-0.39, 0.29) is 5.97 Å². The highest BCUT2D eigenvalue weighted by molar-refractivity contribution is 7.11. The molecule has 2 aliphatic heterocycles. The Morgan fingerprint density at radius 1 is 1.30 bits per heavy atom. The third-order valence-corrected chi connectivity index (χ3v) is 5.86. The van der Waals surface area contributed by atoms with Crippen LogP contribution >= 0.6 is 11.3 Å². The van der Waals surface area contributed by atoms with Crippen molar-refractivity contribution >= 4 is 29.0 Å². The Kier molecular flexibility index (Phi) is 5.41. The van der Waals surface area contributed by atoms with Gasteiger partial charge in [-0.05, 0) is 68.1 Å². The summed E-state index contributed by atoms with van der Waals surface area (Å²) < 4.78 is 11.1. The molecule has 0 atom stereocenters. The number of piperidine rings is 1. The van der Waals surface area contributed by atoms with E-state index < -0.39 is 0 Å². The Morgan fingerprint density at radius 2 is 2.15 bits per heavy atom. The zero-order chi connectivity index (χ0) is 18.6. The molecule has 140 valence electrons. The van der Waals surface area contributed by atoms with Gasteiger partial charge in [0.25, 0.3) is 0 Å². The predicted octanol–water partition coefficient (Wildman–Crippen LogP) is 4.40. The lowest BCUT2D eigenvalue weighted by Gasteiger charge is -2.21. The first-order chi connectivity index (χ1) is 13.3. The van der Waals surface area contributed by atoms with E-state index in [0.29, 0.717) is 13.2 Å². The van der Waals surface area contributed by atoms with Crippen LogP contribution in [0.4, 0.5) is 0 Å². The maximum absolute atomic E-state index is 11.7. The van der Waals surface area contributed by atoms with Crippen LogP contribution in [0, 0.1) is 0 Å². The molecule has 4 rings (SSSR count). The number of hydrogen-bond donors (Lipinski definition) is 1. The first-order valence-electron chi connectivity index (χ1n) is 9.38. The number of carbonyl (C=O) groups is 1. The van der Waals surface area contributed by atoms with E-state index in [4.69, 9.17) is 9.47 Å². The van der Waals surface area contributed by atoms with Crippen molar-refractivity contribution < 1.29 is 14.3 Å². The van der Waals surface area contributed by atoms with Gasteiger partial charge in [0.2, 0.25) is 0 Å². The van der Waals surface area contributed by atoms with Crippen molar-refractivity contribution in [2.75, 3.05) is 19.7 Å². The molecule has 1 saturated heterocycles. The number of esters is 1. The SMILES string of the molecule is CCOC(=O)C=Cc1ccc2c(c1)C(=C1CCNCC1)c1sccc1CO2. The van der Waals surface area contributed by atoms with Gasteiger partial charge in [0.05, 0.1) is 6.61 Å². The molecule has 2 aliphatic rings. The van der Waals surface area contributed by atoms with Gasteiger partial charge in [-0.2, -0.15) is 0 Å². The molecule has 1 aromatic heterocycles. The molecule has 1 N–H and O–H groups in total. The standard InChI is InChI=1S/C22H23NO3S/c1-2-25-20(24)6-4-15-3-5-19-18(13-15)21(16-7-10-23-11-8-16)22-17(14-26-19)9-12-27-22/h3-6,9,12-13,23H,2,7-8,10-11,14H2,1H3. The van der Waals surface area contributed by atoms with E-state index in [9.17, 15) is 4.79 Å². The van der Waals surface area contributed by atoms with Crippen LogP contribution in [0.1, 0.15) is 41.3 Å². The first kappa shape index (κ1) is 18.0. The molecule has 0 spiro atoms. The molecule has 4 nitrogen and oxygen atoms in total. The third-order valence-electron chi connectivity index (χ3n) is 4.89. The summed E-state index contributed by atoms with van der Waals surface area (Å²) in [6.07, 6.45) is 5.39. The number of benzene rings is 1. The van der Waals surface area contributed by atoms with Crippen molar-refractivity contribution in [1.29, 1.82) is 0 Å². The Morgan fingerprint density at radius 3 is 2.96 bits per heavy atom. The van der Waals surface area contributed by atoms with Crippen LogP contribution in [-0.4, -0.2) is 25.7 Å². The molecule has 0 radical (unpaired) electrons. The fourth-order valence-corrected chi connectivity index (χ4v) is 4.62. The second-order valence-corrected chi connectivity index (χ2v) is 7.55. The first-order valence-corrected chi connectivity index (χ1v) is 10.3. The highest BCUT2D eigenvalue weighted by Crippen LogP contribution is 2.43. The van der Waals surface area contributed by atoms with Gasteiger partial charge < -0.3 is 14.8 Å². The molecular weight excluding hydrogens is 358 g/mol. The summed E-state index contributed by atoms with van der Waals surface area (Å²) in [7, 11) is 0. The zero-order valence-corrected chi connectivity index (χ0v) is 16.2. The van der Waals surface area contributed by atoms with Crippen molar-refractivity contribution in [3.8, 4) is 5.75 Å². The summed E-state index contributed by atoms with van der Waals surface area (Å²) in [6, 6.07) is 8.29. The zero-order valence-electron chi connectivity index (χ0n) is 15.4. The fraction of sp³-hybridized carbons (Fsp3) is 0.318. The molecule has 1 fully saturated rings. The number of ether oxygens (including phenoxy) is 2. The molecule has 0 unspecified atom stereocenters. The largest absolute Gasteiger partial charge is 0.488 e. The predicted molar refractivity (Wildman–Crippen MR) is 109 cm³/mol. The third kappa shape index (κ3) is 3.84. The number of thiophene rings is 1. The molecular formula is C22H23NO3S. The van der Waals surface area contributed by atoms with Gasteiger partial charge in [-0.3, -0.25) is 0 Å². The number of rotatable bonds is 3. The van der Waals surface area contributed by atoms with Crippen LogP contribution in [0.15, 0.2) is 41.3 Å². The van der Waals surface area contributed by atoms with Gasteiger partial charge in [-0.15, -0.1) is 11.3 Å². The number of hydrogen-bond acceptors (Lipinski definition) is 5. The normalized spacial score (nSPS) is 16.5. The Bertz CT molecular complexity index is 902. The minimum absolute atomic E-state index is 0.318. The minimum Gasteiger partial charge on any atom is -0.488 e. The van der Waals surface area contributed by atoms with Crippen molar-refractivity contribution in [2.45, 2.75) is 26.4 Å². The quantitative estimate of drug-likeness (QED) is 0.632. The smallest absolute Gasteiger partial charge is 0.330 e. The second-order valence-electron chi connectivity index (χ2n) is 6.63. The van der Waals surface area contributed by atoms with E-state index in [2.05, 4.69) is 22.8 Å². The molecule has 0 amide bonds. The molecule has 5 heteroatoms. The van der Waals surface area contributed by atoms with Gasteiger partial charge >= 0.3 is 5.97 Å². The minimum atomic E-state index is -0.318. The van der Waals surface area contributed by atoms with Gasteiger partial charge in [-0.1, -0.05) is 11.6 Å². The van der Waals surface area contributed by atoms with E-state index in [1.54, 1.807) is 11.3 Å². The van der Waals surface area contributed by atoms with Crippen LogP contribution in [0.5, 0.6) is 5.75 Å². The van der Waals surface area contributed by atoms with Crippen LogP contribution < -0.4 is 10.1 Å². The van der Waals surface area contributed by atoms with Crippen molar-refractivity contribution in [1.82, 2.24) is 5.32 Å². The van der Waals surface area contributed by atoms with E-state index in [1.807, 2.05) is 25.1 Å². The Hall–Kier alpha value is -2.37. The molecule has 2 aromatic rings. The molecule has 3 heterocycles. The number of nitrogens with one attached hydrogen (secondary N) is 1. The molecule has 1 aromatic carbocycles. The summed E-state index contributed by atoms with van der Waals surface area (Å²) in [5.41, 5.74) is 6.15.